The van der Waals surface area contributed by atoms with E-state index in [1.807, 2.05) is 60.7 Å². The van der Waals surface area contributed by atoms with Crippen molar-refractivity contribution in [3.63, 3.8) is 0 Å². The molecule has 0 bridgehead atoms. The Morgan fingerprint density at radius 3 is 2.38 bits per heavy atom. The number of carbonyl (C=O) groups excluding carboxylic acids is 1. The molecule has 0 aromatic heterocycles. The van der Waals surface area contributed by atoms with Gasteiger partial charge >= 0.3 is 0 Å². The van der Waals surface area contributed by atoms with Gasteiger partial charge in [0.1, 0.15) is 11.5 Å². The number of ether oxygens (including phenoxy) is 2. The molecule has 0 spiro atoms. The highest BCUT2D eigenvalue weighted by Gasteiger charge is 2.13. The Bertz CT molecular complexity index is 874. The minimum atomic E-state index is -0.166. The van der Waals surface area contributed by atoms with E-state index in [4.69, 9.17) is 9.47 Å². The molecule has 0 heterocycles. The number of hydrogen-bond donors (Lipinski definition) is 1. The summed E-state index contributed by atoms with van der Waals surface area (Å²) in [7, 11) is 3.20. The summed E-state index contributed by atoms with van der Waals surface area (Å²) in [6.07, 6.45) is 0. The molecule has 0 radical (unpaired) electrons. The topological polar surface area (TPSA) is 47.6 Å². The zero-order valence-electron chi connectivity index (χ0n) is 13.7. The number of carbonyl (C=O) groups is 1. The van der Waals surface area contributed by atoms with E-state index in [0.717, 1.165) is 22.1 Å². The third-order valence-electron chi connectivity index (χ3n) is 3.90. The molecule has 3 aromatic rings. The molecule has 4 heteroatoms. The van der Waals surface area contributed by atoms with Gasteiger partial charge in [0.25, 0.3) is 5.91 Å². The van der Waals surface area contributed by atoms with Crippen molar-refractivity contribution in [1.29, 1.82) is 0 Å². The molecule has 3 aromatic carbocycles. The smallest absolute Gasteiger partial charge is 0.255 e. The Balaban J connectivity index is 1.82. The summed E-state index contributed by atoms with van der Waals surface area (Å²) in [5.74, 6) is 1.17. The fourth-order valence-electron chi connectivity index (χ4n) is 2.63. The van der Waals surface area contributed by atoms with Gasteiger partial charge in [-0.25, -0.2) is 0 Å². The van der Waals surface area contributed by atoms with Crippen molar-refractivity contribution < 1.29 is 14.3 Å². The van der Waals surface area contributed by atoms with Crippen LogP contribution in [-0.2, 0) is 6.54 Å². The van der Waals surface area contributed by atoms with Gasteiger partial charge in [0.15, 0.2) is 0 Å². The predicted molar refractivity (Wildman–Crippen MR) is 94.7 cm³/mol. The molecule has 0 saturated carbocycles. The quantitative estimate of drug-likeness (QED) is 0.778. The highest BCUT2D eigenvalue weighted by atomic mass is 16.5. The molecule has 24 heavy (non-hydrogen) atoms. The van der Waals surface area contributed by atoms with E-state index in [9.17, 15) is 4.79 Å². The van der Waals surface area contributed by atoms with E-state index in [1.165, 1.54) is 0 Å². The standard InChI is InChI=1S/C20H19NO3/c1-23-17-9-5-6-14(10-17)13-21-20(22)18-11-15-7-3-4-8-16(15)12-19(18)24-2/h3-12H,13H2,1-2H3,(H,21,22). The molecule has 0 unspecified atom stereocenters. The lowest BCUT2D eigenvalue weighted by Gasteiger charge is -2.11. The summed E-state index contributed by atoms with van der Waals surface area (Å²) in [6.45, 7) is 0.423. The number of benzene rings is 3. The molecule has 3 rings (SSSR count). The van der Waals surface area contributed by atoms with Crippen molar-refractivity contribution in [1.82, 2.24) is 5.32 Å². The molecule has 1 amide bonds. The summed E-state index contributed by atoms with van der Waals surface area (Å²) in [5, 5.41) is 4.98. The molecule has 122 valence electrons. The molecule has 0 aliphatic carbocycles. The van der Waals surface area contributed by atoms with E-state index in [2.05, 4.69) is 5.32 Å². The molecule has 0 atom stereocenters. The predicted octanol–water partition coefficient (Wildman–Crippen LogP) is 3.79. The van der Waals surface area contributed by atoms with Gasteiger partial charge in [-0.2, -0.15) is 0 Å². The van der Waals surface area contributed by atoms with Gasteiger partial charge in [-0.3, -0.25) is 4.79 Å². The number of hydrogen-bond acceptors (Lipinski definition) is 3. The molecule has 0 aliphatic heterocycles. The highest BCUT2D eigenvalue weighted by Crippen LogP contribution is 2.26. The van der Waals surface area contributed by atoms with Crippen LogP contribution in [0, 0.1) is 0 Å². The van der Waals surface area contributed by atoms with E-state index >= 15 is 0 Å². The maximum Gasteiger partial charge on any atom is 0.255 e. The van der Waals surface area contributed by atoms with Crippen LogP contribution in [0.1, 0.15) is 15.9 Å². The maximum atomic E-state index is 12.6. The first-order chi connectivity index (χ1) is 11.7. The van der Waals surface area contributed by atoms with E-state index in [-0.39, 0.29) is 5.91 Å². The summed E-state index contributed by atoms with van der Waals surface area (Å²) < 4.78 is 10.6. The molecule has 4 nitrogen and oxygen atoms in total. The Hall–Kier alpha value is -3.01. The van der Waals surface area contributed by atoms with E-state index in [0.29, 0.717) is 17.9 Å². The van der Waals surface area contributed by atoms with Crippen LogP contribution in [0.5, 0.6) is 11.5 Å². The first-order valence-electron chi connectivity index (χ1n) is 7.69. The van der Waals surface area contributed by atoms with Gasteiger partial charge in [-0.15, -0.1) is 0 Å². The summed E-state index contributed by atoms with van der Waals surface area (Å²) >= 11 is 0. The SMILES string of the molecule is COc1cccc(CNC(=O)c2cc3ccccc3cc2OC)c1. The Labute approximate surface area is 141 Å². The lowest BCUT2D eigenvalue weighted by Crippen LogP contribution is -2.23. The monoisotopic (exact) mass is 321 g/mol. The van der Waals surface area contributed by atoms with Gasteiger partial charge < -0.3 is 14.8 Å². The van der Waals surface area contributed by atoms with Crippen molar-refractivity contribution in [3.8, 4) is 11.5 Å². The van der Waals surface area contributed by atoms with Crippen molar-refractivity contribution in [2.75, 3.05) is 14.2 Å². The maximum absolute atomic E-state index is 12.6. The van der Waals surface area contributed by atoms with Gasteiger partial charge in [0, 0.05) is 6.54 Å². The van der Waals surface area contributed by atoms with Crippen LogP contribution < -0.4 is 14.8 Å². The van der Waals surface area contributed by atoms with Crippen LogP contribution in [0.2, 0.25) is 0 Å². The Morgan fingerprint density at radius 2 is 1.67 bits per heavy atom. The number of fused-ring (bicyclic) bond motifs is 1. The first kappa shape index (κ1) is 15.9. The average molecular weight is 321 g/mol. The Morgan fingerprint density at radius 1 is 0.917 bits per heavy atom. The summed E-state index contributed by atoms with van der Waals surface area (Å²) in [6, 6.07) is 19.2. The minimum absolute atomic E-state index is 0.166. The van der Waals surface area contributed by atoms with Gasteiger partial charge in [0.2, 0.25) is 0 Å². The molecule has 0 aliphatic rings. The van der Waals surface area contributed by atoms with E-state index < -0.39 is 0 Å². The van der Waals surface area contributed by atoms with Crippen molar-refractivity contribution in [2.45, 2.75) is 6.54 Å². The van der Waals surface area contributed by atoms with Crippen LogP contribution in [0.3, 0.4) is 0 Å². The van der Waals surface area contributed by atoms with Crippen LogP contribution >= 0.6 is 0 Å². The van der Waals surface area contributed by atoms with Crippen LogP contribution in [-0.4, -0.2) is 20.1 Å². The number of nitrogens with one attached hydrogen (secondary N) is 1. The van der Waals surface area contributed by atoms with Crippen molar-refractivity contribution in [2.24, 2.45) is 0 Å². The number of amides is 1. The van der Waals surface area contributed by atoms with Crippen molar-refractivity contribution >= 4 is 16.7 Å². The highest BCUT2D eigenvalue weighted by molar-refractivity contribution is 6.01. The molecule has 0 fully saturated rings. The van der Waals surface area contributed by atoms with Gasteiger partial charge in [-0.1, -0.05) is 36.4 Å². The fourth-order valence-corrected chi connectivity index (χ4v) is 2.63. The van der Waals surface area contributed by atoms with Gasteiger partial charge in [-0.05, 0) is 40.6 Å². The first-order valence-corrected chi connectivity index (χ1v) is 7.69. The van der Waals surface area contributed by atoms with Gasteiger partial charge in [0.05, 0.1) is 19.8 Å². The normalized spacial score (nSPS) is 10.4. The minimum Gasteiger partial charge on any atom is -0.497 e. The van der Waals surface area contributed by atoms with Crippen LogP contribution in [0.15, 0.2) is 60.7 Å². The molecular formula is C20H19NO3. The zero-order chi connectivity index (χ0) is 16.9. The van der Waals surface area contributed by atoms with Crippen molar-refractivity contribution in [3.05, 3.63) is 71.8 Å². The lowest BCUT2D eigenvalue weighted by molar-refractivity contribution is 0.0948. The second-order valence-corrected chi connectivity index (χ2v) is 5.43. The average Bonchev–Trinajstić information content (AvgIpc) is 2.65. The van der Waals surface area contributed by atoms with Crippen LogP contribution in [0.25, 0.3) is 10.8 Å². The summed E-state index contributed by atoms with van der Waals surface area (Å²) in [5.41, 5.74) is 1.50. The molecular weight excluding hydrogens is 302 g/mol. The number of rotatable bonds is 5. The second-order valence-electron chi connectivity index (χ2n) is 5.43. The third kappa shape index (κ3) is 3.33. The fraction of sp³-hybridized carbons (Fsp3) is 0.150. The van der Waals surface area contributed by atoms with E-state index in [1.54, 1.807) is 14.2 Å². The third-order valence-corrected chi connectivity index (χ3v) is 3.90. The summed E-state index contributed by atoms with van der Waals surface area (Å²) in [4.78, 5) is 12.6. The zero-order valence-corrected chi connectivity index (χ0v) is 13.7. The van der Waals surface area contributed by atoms with Crippen LogP contribution in [0.4, 0.5) is 0 Å². The Kier molecular flexibility index (Phi) is 4.66. The lowest BCUT2D eigenvalue weighted by atomic mass is 10.1. The largest absolute Gasteiger partial charge is 0.497 e. The molecule has 1 N–H and O–H groups in total. The molecule has 0 saturated heterocycles. The number of methoxy groups -OCH3 is 2. The second kappa shape index (κ2) is 7.04.